The predicted molar refractivity (Wildman–Crippen MR) is 101 cm³/mol. The van der Waals surface area contributed by atoms with Crippen molar-refractivity contribution >= 4 is 11.8 Å². The number of nitriles is 1. The number of aromatic amines is 1. The molecule has 2 saturated heterocycles. The summed E-state index contributed by atoms with van der Waals surface area (Å²) in [5, 5.41) is 18.9. The van der Waals surface area contributed by atoms with Crippen molar-refractivity contribution in [1.29, 1.82) is 5.26 Å². The molecule has 154 valence electrons. The van der Waals surface area contributed by atoms with Crippen LogP contribution in [0.15, 0.2) is 6.20 Å². The number of aromatic nitrogens is 2. The van der Waals surface area contributed by atoms with Gasteiger partial charge in [-0.25, -0.2) is 4.39 Å². The average Bonchev–Trinajstić information content (AvgIpc) is 3.28. The third-order valence-electron chi connectivity index (χ3n) is 7.46. The van der Waals surface area contributed by atoms with E-state index in [-0.39, 0.29) is 35.6 Å². The summed E-state index contributed by atoms with van der Waals surface area (Å²) >= 11 is 0. The standard InChI is InChI=1S/C21H26FN5O2/c22-19-17(25-20(28)12-1-3-16-14(7-12)10-24-26-16)8-15-2-4-18(19)27(15)21(29)13-5-11(6-13)9-23/h10-13,15,17-19H,1-8H2,(H,24,26)(H,25,28)/t11?,12?,13?,15-,17+,18+,19-/m0/s1. The summed E-state index contributed by atoms with van der Waals surface area (Å²) in [7, 11) is 0. The molecule has 1 unspecified atom stereocenters. The summed E-state index contributed by atoms with van der Waals surface area (Å²) < 4.78 is 15.3. The third-order valence-corrected chi connectivity index (χ3v) is 7.46. The molecule has 0 aromatic carbocycles. The molecule has 0 spiro atoms. The van der Waals surface area contributed by atoms with Gasteiger partial charge in [-0.1, -0.05) is 0 Å². The van der Waals surface area contributed by atoms with Gasteiger partial charge in [-0.15, -0.1) is 0 Å². The number of carbonyl (C=O) groups excluding carboxylic acids is 2. The summed E-state index contributed by atoms with van der Waals surface area (Å²) in [5.41, 5.74) is 2.17. The smallest absolute Gasteiger partial charge is 0.226 e. The molecule has 2 amide bonds. The molecule has 5 atom stereocenters. The largest absolute Gasteiger partial charge is 0.350 e. The minimum Gasteiger partial charge on any atom is -0.350 e. The SMILES string of the molecule is N#CC1CC(C(=O)N2[C@H]3CC[C@@H]2[C@@H](F)[C@H](NC(=O)C2CCc4[nH]ncc4C2)C3)C1. The van der Waals surface area contributed by atoms with E-state index >= 15 is 4.39 Å². The number of aryl methyl sites for hydroxylation is 1. The number of hydrogen-bond donors (Lipinski definition) is 2. The van der Waals surface area contributed by atoms with Gasteiger partial charge in [0, 0.05) is 29.5 Å². The zero-order valence-electron chi connectivity index (χ0n) is 16.3. The number of rotatable bonds is 3. The number of carbonyl (C=O) groups is 2. The average molecular weight is 399 g/mol. The number of alkyl halides is 1. The molecule has 4 aliphatic rings. The van der Waals surface area contributed by atoms with Crippen molar-refractivity contribution in [3.8, 4) is 6.07 Å². The van der Waals surface area contributed by atoms with Crippen LogP contribution in [0.2, 0.25) is 0 Å². The van der Waals surface area contributed by atoms with Crippen LogP contribution < -0.4 is 5.32 Å². The van der Waals surface area contributed by atoms with E-state index < -0.39 is 18.3 Å². The summed E-state index contributed by atoms with van der Waals surface area (Å²) in [4.78, 5) is 27.4. The molecule has 2 aliphatic carbocycles. The maximum atomic E-state index is 15.3. The van der Waals surface area contributed by atoms with Gasteiger partial charge in [-0.3, -0.25) is 14.7 Å². The van der Waals surface area contributed by atoms with Crippen molar-refractivity contribution in [1.82, 2.24) is 20.4 Å². The van der Waals surface area contributed by atoms with E-state index in [1.165, 1.54) is 0 Å². The highest BCUT2D eigenvalue weighted by Crippen LogP contribution is 2.42. The van der Waals surface area contributed by atoms with Crippen LogP contribution in [0.4, 0.5) is 4.39 Å². The number of H-pyrrole nitrogens is 1. The molecule has 8 heteroatoms. The Labute approximate surface area is 169 Å². The molecule has 3 heterocycles. The summed E-state index contributed by atoms with van der Waals surface area (Å²) in [6, 6.07) is 1.23. The lowest BCUT2D eigenvalue weighted by molar-refractivity contribution is -0.147. The topological polar surface area (TPSA) is 102 Å². The molecule has 1 aromatic heterocycles. The molecule has 0 radical (unpaired) electrons. The van der Waals surface area contributed by atoms with E-state index in [0.717, 1.165) is 30.5 Å². The second kappa shape index (κ2) is 7.12. The van der Waals surface area contributed by atoms with Gasteiger partial charge in [0.1, 0.15) is 6.17 Å². The van der Waals surface area contributed by atoms with Crippen LogP contribution in [-0.2, 0) is 22.4 Å². The van der Waals surface area contributed by atoms with Crippen LogP contribution in [-0.4, -0.2) is 51.2 Å². The molecule has 2 bridgehead atoms. The molecule has 1 aromatic rings. The van der Waals surface area contributed by atoms with Gasteiger partial charge in [-0.2, -0.15) is 10.4 Å². The Kier molecular flexibility index (Phi) is 4.56. The normalized spacial score (nSPS) is 37.9. The summed E-state index contributed by atoms with van der Waals surface area (Å²) in [6.45, 7) is 0. The highest BCUT2D eigenvalue weighted by atomic mass is 19.1. The van der Waals surface area contributed by atoms with Crippen LogP contribution in [0.3, 0.4) is 0 Å². The number of nitrogens with zero attached hydrogens (tertiary/aromatic N) is 3. The molecule has 29 heavy (non-hydrogen) atoms. The van der Waals surface area contributed by atoms with Crippen LogP contribution in [0, 0.1) is 29.1 Å². The van der Waals surface area contributed by atoms with Crippen LogP contribution in [0.1, 0.15) is 49.8 Å². The van der Waals surface area contributed by atoms with E-state index in [9.17, 15) is 9.59 Å². The van der Waals surface area contributed by atoms with Crippen molar-refractivity contribution in [3.05, 3.63) is 17.5 Å². The molecular formula is C21H26FN5O2. The minimum atomic E-state index is -1.23. The van der Waals surface area contributed by atoms with Gasteiger partial charge in [0.05, 0.1) is 24.3 Å². The fourth-order valence-electron chi connectivity index (χ4n) is 5.71. The van der Waals surface area contributed by atoms with Gasteiger partial charge in [0.2, 0.25) is 11.8 Å². The number of nitrogens with one attached hydrogen (secondary N) is 2. The van der Waals surface area contributed by atoms with E-state index in [4.69, 9.17) is 5.26 Å². The van der Waals surface area contributed by atoms with Crippen LogP contribution in [0.25, 0.3) is 0 Å². The van der Waals surface area contributed by atoms with Crippen molar-refractivity contribution in [2.24, 2.45) is 17.8 Å². The maximum Gasteiger partial charge on any atom is 0.226 e. The van der Waals surface area contributed by atoms with Gasteiger partial charge in [0.25, 0.3) is 0 Å². The molecule has 2 N–H and O–H groups in total. The molecule has 2 aliphatic heterocycles. The monoisotopic (exact) mass is 399 g/mol. The Morgan fingerprint density at radius 3 is 2.86 bits per heavy atom. The summed E-state index contributed by atoms with van der Waals surface area (Å²) in [6.07, 6.45) is 5.82. The Bertz CT molecular complexity index is 857. The van der Waals surface area contributed by atoms with Crippen molar-refractivity contribution < 1.29 is 14.0 Å². The third kappa shape index (κ3) is 3.11. The van der Waals surface area contributed by atoms with Gasteiger partial charge in [-0.05, 0) is 56.9 Å². The first-order valence-corrected chi connectivity index (χ1v) is 10.7. The van der Waals surface area contributed by atoms with E-state index in [0.29, 0.717) is 32.1 Å². The van der Waals surface area contributed by atoms with Gasteiger partial charge < -0.3 is 10.2 Å². The summed E-state index contributed by atoms with van der Waals surface area (Å²) in [5.74, 6) is -0.392. The second-order valence-electron chi connectivity index (χ2n) is 9.15. The number of fused-ring (bicyclic) bond motifs is 3. The molecule has 5 rings (SSSR count). The molecular weight excluding hydrogens is 373 g/mol. The van der Waals surface area contributed by atoms with E-state index in [2.05, 4.69) is 21.6 Å². The van der Waals surface area contributed by atoms with E-state index in [1.807, 2.05) is 0 Å². The molecule has 1 saturated carbocycles. The zero-order chi connectivity index (χ0) is 20.1. The van der Waals surface area contributed by atoms with Crippen LogP contribution in [0.5, 0.6) is 0 Å². The Hall–Kier alpha value is -2.43. The number of hydrogen-bond acceptors (Lipinski definition) is 4. The fourth-order valence-corrected chi connectivity index (χ4v) is 5.71. The Morgan fingerprint density at radius 2 is 2.07 bits per heavy atom. The highest BCUT2D eigenvalue weighted by molar-refractivity contribution is 5.82. The van der Waals surface area contributed by atoms with Crippen molar-refractivity contribution in [2.45, 2.75) is 75.7 Å². The quantitative estimate of drug-likeness (QED) is 0.807. The maximum absolute atomic E-state index is 15.3. The number of halogens is 1. The van der Waals surface area contributed by atoms with Crippen molar-refractivity contribution in [3.63, 3.8) is 0 Å². The molecule has 7 nitrogen and oxygen atoms in total. The molecule has 3 fully saturated rings. The Balaban J connectivity index is 1.21. The van der Waals surface area contributed by atoms with Gasteiger partial charge in [0.15, 0.2) is 0 Å². The predicted octanol–water partition coefficient (Wildman–Crippen LogP) is 1.65. The zero-order valence-corrected chi connectivity index (χ0v) is 16.3. The first-order chi connectivity index (χ1) is 14.0. The minimum absolute atomic E-state index is 0.00207. The lowest BCUT2D eigenvalue weighted by Gasteiger charge is -2.45. The Morgan fingerprint density at radius 1 is 1.24 bits per heavy atom. The lowest BCUT2D eigenvalue weighted by Crippen LogP contribution is -2.61. The van der Waals surface area contributed by atoms with Crippen molar-refractivity contribution in [2.75, 3.05) is 0 Å². The second-order valence-corrected chi connectivity index (χ2v) is 9.15. The lowest BCUT2D eigenvalue weighted by atomic mass is 9.74. The van der Waals surface area contributed by atoms with Crippen LogP contribution >= 0.6 is 0 Å². The van der Waals surface area contributed by atoms with Gasteiger partial charge >= 0.3 is 0 Å². The first-order valence-electron chi connectivity index (χ1n) is 10.7. The number of piperidine rings is 1. The number of amides is 2. The fraction of sp³-hybridized carbons (Fsp3) is 0.714. The van der Waals surface area contributed by atoms with E-state index in [1.54, 1.807) is 11.1 Å². The highest BCUT2D eigenvalue weighted by Gasteiger charge is 2.52. The first kappa shape index (κ1) is 18.6.